The normalized spacial score (nSPS) is 44.9. The van der Waals surface area contributed by atoms with Crippen LogP contribution in [0.15, 0.2) is 0 Å². The molecule has 0 aromatic heterocycles. The van der Waals surface area contributed by atoms with E-state index in [2.05, 4.69) is 21.3 Å². The van der Waals surface area contributed by atoms with Gasteiger partial charge in [0.15, 0.2) is 31.1 Å². The second kappa shape index (κ2) is 19.1. The van der Waals surface area contributed by atoms with Gasteiger partial charge >= 0.3 is 0 Å². The molecule has 24 heteroatoms. The lowest BCUT2D eigenvalue weighted by molar-refractivity contribution is -0.365. The van der Waals surface area contributed by atoms with Gasteiger partial charge in [-0.15, -0.1) is 0 Å². The van der Waals surface area contributed by atoms with E-state index in [9.17, 15) is 65.1 Å². The molecule has 4 amide bonds. The fraction of sp³-hybridized carbons (Fsp3) is 0.871. The number of hydrogen-bond acceptors (Lipinski definition) is 20. The van der Waals surface area contributed by atoms with E-state index in [0.717, 1.165) is 6.92 Å². The van der Waals surface area contributed by atoms with Crippen LogP contribution in [-0.4, -0.2) is 219 Å². The van der Waals surface area contributed by atoms with E-state index in [4.69, 9.17) is 33.2 Å². The Morgan fingerprint density at radius 3 is 1.47 bits per heavy atom. The van der Waals surface area contributed by atoms with Gasteiger partial charge in [-0.3, -0.25) is 19.2 Å². The molecule has 4 rings (SSSR count). The van der Waals surface area contributed by atoms with Crippen LogP contribution in [0.25, 0.3) is 0 Å². The van der Waals surface area contributed by atoms with Gasteiger partial charge in [0.1, 0.15) is 79.3 Å². The first-order valence-corrected chi connectivity index (χ1v) is 17.4. The SMILES string of the molecule is CNC(=O)C1OC(OC2C(O)C(CO)OC(OC3C(C(=O)NC)OC(OC4C(O)C(CO)O[C@H](C)C4NC(C)=O)C(O)C3O)C2NC(C)=O)C(O)C(O)C1O. The molecule has 19 unspecified atom stereocenters. The van der Waals surface area contributed by atoms with Crippen LogP contribution in [-0.2, 0) is 52.3 Å². The molecule has 0 aromatic carbocycles. The molecule has 4 aliphatic rings. The summed E-state index contributed by atoms with van der Waals surface area (Å²) in [7, 11) is 2.41. The van der Waals surface area contributed by atoms with Gasteiger partial charge in [0.25, 0.3) is 11.8 Å². The van der Waals surface area contributed by atoms with Gasteiger partial charge in [-0.1, -0.05) is 0 Å². The van der Waals surface area contributed by atoms with E-state index in [0.29, 0.717) is 0 Å². The van der Waals surface area contributed by atoms with E-state index < -0.39 is 159 Å². The molecule has 4 heterocycles. The molecule has 0 bridgehead atoms. The fourth-order valence-corrected chi connectivity index (χ4v) is 6.85. The molecule has 13 N–H and O–H groups in total. The van der Waals surface area contributed by atoms with Gasteiger partial charge in [-0.05, 0) is 6.92 Å². The van der Waals surface area contributed by atoms with E-state index in [1.807, 2.05) is 0 Å². The summed E-state index contributed by atoms with van der Waals surface area (Å²) in [6.45, 7) is 2.16. The van der Waals surface area contributed by atoms with Gasteiger partial charge < -0.3 is 100 Å². The van der Waals surface area contributed by atoms with Crippen LogP contribution >= 0.6 is 0 Å². The van der Waals surface area contributed by atoms with Crippen LogP contribution in [0.1, 0.15) is 20.8 Å². The number of carbonyl (C=O) groups excluding carboxylic acids is 4. The van der Waals surface area contributed by atoms with Crippen molar-refractivity contribution in [2.75, 3.05) is 27.3 Å². The van der Waals surface area contributed by atoms with E-state index in [1.165, 1.54) is 27.9 Å². The average molecular weight is 801 g/mol. The van der Waals surface area contributed by atoms with E-state index in [1.54, 1.807) is 0 Å². The largest absolute Gasteiger partial charge is 0.394 e. The summed E-state index contributed by atoms with van der Waals surface area (Å²) in [5, 5.41) is 106. The molecule has 4 fully saturated rings. The van der Waals surface area contributed by atoms with E-state index in [-0.39, 0.29) is 0 Å². The number of aliphatic hydroxyl groups is 9. The summed E-state index contributed by atoms with van der Waals surface area (Å²) < 4.78 is 40.2. The molecule has 316 valence electrons. The molecule has 4 saturated heterocycles. The van der Waals surface area contributed by atoms with Gasteiger partial charge in [-0.25, -0.2) is 0 Å². The van der Waals surface area contributed by atoms with Gasteiger partial charge in [0.05, 0.1) is 25.4 Å². The highest BCUT2D eigenvalue weighted by atomic mass is 16.8. The number of likely N-dealkylation sites (N-methyl/N-ethyl adjacent to an activating group) is 2. The minimum absolute atomic E-state index is 0.551. The minimum Gasteiger partial charge on any atom is -0.394 e. The van der Waals surface area contributed by atoms with Crippen molar-refractivity contribution in [2.24, 2.45) is 0 Å². The lowest BCUT2D eigenvalue weighted by Gasteiger charge is -2.50. The number of rotatable bonds is 12. The predicted molar refractivity (Wildman–Crippen MR) is 174 cm³/mol. The second-order valence-corrected chi connectivity index (χ2v) is 13.6. The van der Waals surface area contributed by atoms with Gasteiger partial charge in [-0.2, -0.15) is 0 Å². The number of nitrogens with one attached hydrogen (secondary N) is 4. The number of ether oxygens (including phenoxy) is 7. The first-order chi connectivity index (χ1) is 25.9. The molecular formula is C31H52N4O20. The van der Waals surface area contributed by atoms with Crippen molar-refractivity contribution in [2.45, 2.75) is 143 Å². The Labute approximate surface area is 313 Å². The summed E-state index contributed by atoms with van der Waals surface area (Å²) in [5.74, 6) is -3.21. The van der Waals surface area contributed by atoms with Crippen molar-refractivity contribution in [3.63, 3.8) is 0 Å². The smallest absolute Gasteiger partial charge is 0.251 e. The van der Waals surface area contributed by atoms with Crippen LogP contribution in [0.5, 0.6) is 0 Å². The molecule has 0 spiro atoms. The van der Waals surface area contributed by atoms with Gasteiger partial charge in [0.2, 0.25) is 11.8 Å². The Bertz CT molecular complexity index is 1330. The first kappa shape index (κ1) is 44.9. The molecule has 0 radical (unpaired) electrons. The lowest BCUT2D eigenvalue weighted by Crippen LogP contribution is -2.71. The standard InChI is InChI=1S/C31H52N4O20/c1-8-13(34-9(2)38)22(15(40)11(6-36)49-8)51-31-21(46)19(44)24(26(55-31)28(48)33-5)53-29-14(35-10(3)39)23(16(41)12(7-37)50-29)52-30-20(45)17(42)18(43)25(54-30)27(47)32-4/h8,11-26,29-31,36-37,40-46H,6-7H2,1-5H3,(H,32,47)(H,33,48)(H,34,38)(H,35,39)/t8-,11?,12?,13?,14?,15?,16?,17?,18?,19?,20?,21?,22?,23?,24?,25?,26?,29?,30?,31?/m1/s1. The predicted octanol–water partition coefficient (Wildman–Crippen LogP) is -8.88. The summed E-state index contributed by atoms with van der Waals surface area (Å²) >= 11 is 0. The molecule has 4 aliphatic heterocycles. The maximum Gasteiger partial charge on any atom is 0.251 e. The van der Waals surface area contributed by atoms with Crippen molar-refractivity contribution in [3.8, 4) is 0 Å². The summed E-state index contributed by atoms with van der Waals surface area (Å²) in [4.78, 5) is 50.1. The maximum absolute atomic E-state index is 13.2. The number of carbonyl (C=O) groups is 4. The molecular weight excluding hydrogens is 748 g/mol. The highest BCUT2D eigenvalue weighted by Crippen LogP contribution is 2.34. The Kier molecular flexibility index (Phi) is 15.6. The summed E-state index contributed by atoms with van der Waals surface area (Å²) in [6, 6.07) is -2.74. The summed E-state index contributed by atoms with van der Waals surface area (Å²) in [5.41, 5.74) is 0. The van der Waals surface area contributed by atoms with Crippen LogP contribution in [0.4, 0.5) is 0 Å². The van der Waals surface area contributed by atoms with Crippen LogP contribution in [0.3, 0.4) is 0 Å². The van der Waals surface area contributed by atoms with Crippen LogP contribution in [0.2, 0.25) is 0 Å². The second-order valence-electron chi connectivity index (χ2n) is 13.6. The quantitative estimate of drug-likeness (QED) is 0.0871. The Hall–Kier alpha value is -2.76. The first-order valence-electron chi connectivity index (χ1n) is 17.4. The maximum atomic E-state index is 13.2. The third kappa shape index (κ3) is 9.69. The van der Waals surface area contributed by atoms with E-state index >= 15 is 0 Å². The zero-order valence-corrected chi connectivity index (χ0v) is 30.5. The molecule has 0 saturated carbocycles. The van der Waals surface area contributed by atoms with Crippen molar-refractivity contribution in [3.05, 3.63) is 0 Å². The van der Waals surface area contributed by atoms with Crippen molar-refractivity contribution < 1.29 is 98.3 Å². The third-order valence-electron chi connectivity index (χ3n) is 9.74. The zero-order chi connectivity index (χ0) is 41.0. The molecule has 24 nitrogen and oxygen atoms in total. The van der Waals surface area contributed by atoms with Gasteiger partial charge in [0, 0.05) is 27.9 Å². The lowest BCUT2D eigenvalue weighted by atomic mass is 9.92. The summed E-state index contributed by atoms with van der Waals surface area (Å²) in [6.07, 6.45) is -31.8. The Balaban J connectivity index is 1.64. The Morgan fingerprint density at radius 1 is 0.527 bits per heavy atom. The molecule has 20 atom stereocenters. The zero-order valence-electron chi connectivity index (χ0n) is 30.5. The number of aliphatic hydroxyl groups excluding tert-OH is 9. The average Bonchev–Trinajstić information content (AvgIpc) is 3.14. The topological polar surface area (TPSA) is 363 Å². The third-order valence-corrected chi connectivity index (χ3v) is 9.74. The Morgan fingerprint density at radius 2 is 0.964 bits per heavy atom. The molecule has 0 aromatic rings. The molecule has 55 heavy (non-hydrogen) atoms. The fourth-order valence-electron chi connectivity index (χ4n) is 6.85. The van der Waals surface area contributed by atoms with Crippen molar-refractivity contribution >= 4 is 23.6 Å². The highest BCUT2D eigenvalue weighted by molar-refractivity contribution is 5.82. The molecule has 0 aliphatic carbocycles. The highest BCUT2D eigenvalue weighted by Gasteiger charge is 2.57. The van der Waals surface area contributed by atoms with Crippen molar-refractivity contribution in [1.29, 1.82) is 0 Å². The van der Waals surface area contributed by atoms with Crippen molar-refractivity contribution in [1.82, 2.24) is 21.3 Å². The minimum atomic E-state index is -2.10. The van der Waals surface area contributed by atoms with Crippen LogP contribution < -0.4 is 21.3 Å². The number of hydrogen-bond donors (Lipinski definition) is 13. The van der Waals surface area contributed by atoms with Crippen LogP contribution in [0, 0.1) is 0 Å². The number of amides is 4. The monoisotopic (exact) mass is 800 g/mol.